The molecule has 0 aliphatic rings. The van der Waals surface area contributed by atoms with Gasteiger partial charge in [-0.1, -0.05) is 15.9 Å². The van der Waals surface area contributed by atoms with Gasteiger partial charge >= 0.3 is 0 Å². The standard InChI is InChI=1S/C9H17BrN2O2/c1-11-8(13)5-7-12-9(14)4-2-3-6-10/h2-7H2,1H3,(H,11,13)(H,12,14). The minimum absolute atomic E-state index is 0.0230. The van der Waals surface area contributed by atoms with Gasteiger partial charge in [0.25, 0.3) is 0 Å². The maximum Gasteiger partial charge on any atom is 0.221 e. The lowest BCUT2D eigenvalue weighted by Crippen LogP contribution is -2.28. The van der Waals surface area contributed by atoms with E-state index in [1.807, 2.05) is 0 Å². The zero-order valence-electron chi connectivity index (χ0n) is 8.44. The Balaban J connectivity index is 3.31. The van der Waals surface area contributed by atoms with Crippen molar-refractivity contribution in [3.8, 4) is 0 Å². The van der Waals surface area contributed by atoms with E-state index in [-0.39, 0.29) is 11.8 Å². The molecule has 0 radical (unpaired) electrons. The summed E-state index contributed by atoms with van der Waals surface area (Å²) >= 11 is 3.30. The molecule has 0 unspecified atom stereocenters. The summed E-state index contributed by atoms with van der Waals surface area (Å²) < 4.78 is 0. The van der Waals surface area contributed by atoms with Gasteiger partial charge in [0, 0.05) is 31.8 Å². The minimum atomic E-state index is -0.0502. The molecule has 0 saturated heterocycles. The second-order valence-corrected chi connectivity index (χ2v) is 3.71. The van der Waals surface area contributed by atoms with Crippen LogP contribution in [0, 0.1) is 0 Å². The molecular weight excluding hydrogens is 248 g/mol. The molecular formula is C9H17BrN2O2. The zero-order valence-corrected chi connectivity index (χ0v) is 10.0. The smallest absolute Gasteiger partial charge is 0.221 e. The van der Waals surface area contributed by atoms with Crippen LogP contribution in [0.3, 0.4) is 0 Å². The summed E-state index contributed by atoms with van der Waals surface area (Å²) in [4.78, 5) is 21.9. The maximum absolute atomic E-state index is 11.1. The predicted molar refractivity (Wildman–Crippen MR) is 59.3 cm³/mol. The first-order chi connectivity index (χ1) is 6.70. The largest absolute Gasteiger partial charge is 0.359 e. The van der Waals surface area contributed by atoms with Crippen LogP contribution in [0.1, 0.15) is 25.7 Å². The van der Waals surface area contributed by atoms with Crippen molar-refractivity contribution in [2.45, 2.75) is 25.7 Å². The Labute approximate surface area is 92.9 Å². The van der Waals surface area contributed by atoms with E-state index in [9.17, 15) is 9.59 Å². The number of rotatable bonds is 7. The van der Waals surface area contributed by atoms with Crippen LogP contribution < -0.4 is 10.6 Å². The van der Waals surface area contributed by atoms with Crippen LogP contribution in [0.2, 0.25) is 0 Å². The lowest BCUT2D eigenvalue weighted by Gasteiger charge is -2.03. The summed E-state index contributed by atoms with van der Waals surface area (Å²) in [7, 11) is 1.58. The monoisotopic (exact) mass is 264 g/mol. The van der Waals surface area contributed by atoms with Gasteiger partial charge in [-0.05, 0) is 12.8 Å². The molecule has 0 spiro atoms. The lowest BCUT2D eigenvalue weighted by atomic mass is 10.2. The Morgan fingerprint density at radius 2 is 1.86 bits per heavy atom. The highest BCUT2D eigenvalue weighted by Gasteiger charge is 2.01. The third-order valence-corrected chi connectivity index (χ3v) is 2.30. The van der Waals surface area contributed by atoms with Crippen LogP contribution >= 0.6 is 15.9 Å². The Morgan fingerprint density at radius 1 is 1.14 bits per heavy atom. The second-order valence-electron chi connectivity index (χ2n) is 2.92. The number of alkyl halides is 1. The van der Waals surface area contributed by atoms with E-state index in [0.717, 1.165) is 18.2 Å². The maximum atomic E-state index is 11.1. The average molecular weight is 265 g/mol. The fourth-order valence-electron chi connectivity index (χ4n) is 0.909. The van der Waals surface area contributed by atoms with Gasteiger partial charge in [0.05, 0.1) is 0 Å². The lowest BCUT2D eigenvalue weighted by molar-refractivity contribution is -0.122. The van der Waals surface area contributed by atoms with Crippen molar-refractivity contribution in [1.29, 1.82) is 0 Å². The molecule has 5 heteroatoms. The zero-order chi connectivity index (χ0) is 10.8. The van der Waals surface area contributed by atoms with E-state index < -0.39 is 0 Å². The van der Waals surface area contributed by atoms with Crippen LogP contribution in [-0.2, 0) is 9.59 Å². The third kappa shape index (κ3) is 8.04. The van der Waals surface area contributed by atoms with Crippen LogP contribution in [0.15, 0.2) is 0 Å². The summed E-state index contributed by atoms with van der Waals surface area (Å²) in [5.41, 5.74) is 0. The summed E-state index contributed by atoms with van der Waals surface area (Å²) in [5, 5.41) is 6.12. The number of nitrogens with one attached hydrogen (secondary N) is 2. The Kier molecular flexibility index (Phi) is 8.62. The van der Waals surface area contributed by atoms with E-state index in [0.29, 0.717) is 19.4 Å². The molecule has 4 nitrogen and oxygen atoms in total. The summed E-state index contributed by atoms with van der Waals surface area (Å²) in [6.07, 6.45) is 2.78. The van der Waals surface area contributed by atoms with Crippen molar-refractivity contribution >= 4 is 27.7 Å². The van der Waals surface area contributed by atoms with Crippen LogP contribution in [0.25, 0.3) is 0 Å². The SMILES string of the molecule is CNC(=O)CCNC(=O)CCCCBr. The van der Waals surface area contributed by atoms with Crippen molar-refractivity contribution < 1.29 is 9.59 Å². The first-order valence-electron chi connectivity index (χ1n) is 4.74. The van der Waals surface area contributed by atoms with Crippen molar-refractivity contribution in [1.82, 2.24) is 10.6 Å². The van der Waals surface area contributed by atoms with Crippen LogP contribution in [-0.4, -0.2) is 30.7 Å². The number of hydrogen-bond donors (Lipinski definition) is 2. The average Bonchev–Trinajstić information content (AvgIpc) is 2.18. The molecule has 0 aromatic rings. The molecule has 0 aliphatic carbocycles. The van der Waals surface area contributed by atoms with Crippen LogP contribution in [0.5, 0.6) is 0 Å². The highest BCUT2D eigenvalue weighted by atomic mass is 79.9. The predicted octanol–water partition coefficient (Wildman–Crippen LogP) is 0.804. The summed E-state index contributed by atoms with van der Waals surface area (Å²) in [5.74, 6) is -0.0272. The van der Waals surface area contributed by atoms with E-state index in [4.69, 9.17) is 0 Å². The number of amides is 2. The van der Waals surface area contributed by atoms with Crippen molar-refractivity contribution in [2.75, 3.05) is 18.9 Å². The van der Waals surface area contributed by atoms with Gasteiger partial charge in [-0.3, -0.25) is 9.59 Å². The number of unbranched alkanes of at least 4 members (excludes halogenated alkanes) is 1. The molecule has 0 aliphatic heterocycles. The summed E-state index contributed by atoms with van der Waals surface area (Å²) in [6.45, 7) is 0.423. The molecule has 14 heavy (non-hydrogen) atoms. The number of halogens is 1. The molecule has 2 amide bonds. The van der Waals surface area contributed by atoms with Gasteiger partial charge in [-0.2, -0.15) is 0 Å². The molecule has 0 atom stereocenters. The highest BCUT2D eigenvalue weighted by Crippen LogP contribution is 1.97. The molecule has 0 aromatic carbocycles. The van der Waals surface area contributed by atoms with E-state index >= 15 is 0 Å². The quantitative estimate of drug-likeness (QED) is 0.528. The first-order valence-corrected chi connectivity index (χ1v) is 5.86. The normalized spacial score (nSPS) is 9.57. The van der Waals surface area contributed by atoms with Gasteiger partial charge in [0.2, 0.25) is 11.8 Å². The molecule has 2 N–H and O–H groups in total. The third-order valence-electron chi connectivity index (χ3n) is 1.74. The van der Waals surface area contributed by atoms with Crippen molar-refractivity contribution in [3.05, 3.63) is 0 Å². The summed E-state index contributed by atoms with van der Waals surface area (Å²) in [6, 6.07) is 0. The van der Waals surface area contributed by atoms with Gasteiger partial charge in [-0.25, -0.2) is 0 Å². The Morgan fingerprint density at radius 3 is 2.43 bits per heavy atom. The number of carbonyl (C=O) groups is 2. The molecule has 0 fully saturated rings. The van der Waals surface area contributed by atoms with Crippen molar-refractivity contribution in [3.63, 3.8) is 0 Å². The molecule has 0 bridgehead atoms. The molecule has 0 aromatic heterocycles. The topological polar surface area (TPSA) is 58.2 Å². The van der Waals surface area contributed by atoms with Gasteiger partial charge < -0.3 is 10.6 Å². The number of hydrogen-bond acceptors (Lipinski definition) is 2. The number of carbonyl (C=O) groups excluding carboxylic acids is 2. The highest BCUT2D eigenvalue weighted by molar-refractivity contribution is 9.09. The van der Waals surface area contributed by atoms with E-state index in [1.165, 1.54) is 0 Å². The van der Waals surface area contributed by atoms with Crippen molar-refractivity contribution in [2.24, 2.45) is 0 Å². The molecule has 0 rings (SSSR count). The Bertz CT molecular complexity index is 186. The first kappa shape index (κ1) is 13.4. The molecule has 0 saturated carbocycles. The molecule has 82 valence electrons. The molecule has 0 heterocycles. The van der Waals surface area contributed by atoms with Gasteiger partial charge in [-0.15, -0.1) is 0 Å². The van der Waals surface area contributed by atoms with E-state index in [1.54, 1.807) is 7.05 Å². The second kappa shape index (κ2) is 8.99. The minimum Gasteiger partial charge on any atom is -0.359 e. The van der Waals surface area contributed by atoms with Crippen LogP contribution in [0.4, 0.5) is 0 Å². The fourth-order valence-corrected chi connectivity index (χ4v) is 1.31. The van der Waals surface area contributed by atoms with Gasteiger partial charge in [0.15, 0.2) is 0 Å². The van der Waals surface area contributed by atoms with Gasteiger partial charge in [0.1, 0.15) is 0 Å². The van der Waals surface area contributed by atoms with E-state index in [2.05, 4.69) is 26.6 Å². The Hall–Kier alpha value is -0.580. The fraction of sp³-hybridized carbons (Fsp3) is 0.778.